The van der Waals surface area contributed by atoms with Gasteiger partial charge in [-0.2, -0.15) is 0 Å². The second-order valence-corrected chi connectivity index (χ2v) is 5.85. The lowest BCUT2D eigenvalue weighted by Crippen LogP contribution is -2.38. The van der Waals surface area contributed by atoms with Crippen molar-refractivity contribution in [2.75, 3.05) is 6.54 Å². The Kier molecular flexibility index (Phi) is 4.78. The Bertz CT molecular complexity index is 418. The molecule has 0 radical (unpaired) electrons. The molecule has 98 valence electrons. The van der Waals surface area contributed by atoms with Crippen molar-refractivity contribution in [1.29, 1.82) is 0 Å². The maximum atomic E-state index is 11.7. The molecule has 3 nitrogen and oxygen atoms in total. The van der Waals surface area contributed by atoms with Crippen LogP contribution in [0.25, 0.3) is 0 Å². The second-order valence-electron chi connectivity index (χ2n) is 4.94. The standard InChI is InChI=1S/C14H19BrN2O/c15-12-3-1-2-10(8-12)4-7-14(18)17-9-13(16)11-5-6-11/h1-3,8,11,13H,4-7,9,16H2,(H,17,18). The van der Waals surface area contributed by atoms with E-state index in [0.29, 0.717) is 18.9 Å². The average molecular weight is 311 g/mol. The van der Waals surface area contributed by atoms with E-state index in [1.807, 2.05) is 24.3 Å². The number of nitrogens with one attached hydrogen (secondary N) is 1. The highest BCUT2D eigenvalue weighted by molar-refractivity contribution is 9.10. The molecule has 0 aromatic heterocycles. The van der Waals surface area contributed by atoms with Gasteiger partial charge in [0.15, 0.2) is 0 Å². The van der Waals surface area contributed by atoms with Crippen molar-refractivity contribution in [3.8, 4) is 0 Å². The van der Waals surface area contributed by atoms with Crippen molar-refractivity contribution in [1.82, 2.24) is 5.32 Å². The molecule has 0 aliphatic heterocycles. The minimum absolute atomic E-state index is 0.0890. The summed E-state index contributed by atoms with van der Waals surface area (Å²) in [6, 6.07) is 8.19. The zero-order valence-electron chi connectivity index (χ0n) is 10.4. The molecule has 1 aromatic rings. The van der Waals surface area contributed by atoms with Crippen LogP contribution in [0.15, 0.2) is 28.7 Å². The SMILES string of the molecule is NC(CNC(=O)CCc1cccc(Br)c1)C1CC1. The number of rotatable bonds is 6. The van der Waals surface area contributed by atoms with E-state index in [0.717, 1.165) is 10.9 Å². The van der Waals surface area contributed by atoms with Crippen LogP contribution >= 0.6 is 15.9 Å². The normalized spacial score (nSPS) is 16.3. The van der Waals surface area contributed by atoms with E-state index in [4.69, 9.17) is 5.73 Å². The Morgan fingerprint density at radius 3 is 2.94 bits per heavy atom. The van der Waals surface area contributed by atoms with Crippen LogP contribution in [0.2, 0.25) is 0 Å². The summed E-state index contributed by atoms with van der Waals surface area (Å²) in [5.41, 5.74) is 7.11. The number of carbonyl (C=O) groups is 1. The summed E-state index contributed by atoms with van der Waals surface area (Å²) in [7, 11) is 0. The molecule has 3 N–H and O–H groups in total. The number of amides is 1. The molecule has 1 aromatic carbocycles. The van der Waals surface area contributed by atoms with Gasteiger partial charge in [0.05, 0.1) is 0 Å². The molecular formula is C14H19BrN2O. The molecular weight excluding hydrogens is 292 g/mol. The van der Waals surface area contributed by atoms with Gasteiger partial charge >= 0.3 is 0 Å². The molecule has 1 fully saturated rings. The maximum absolute atomic E-state index is 11.7. The number of benzene rings is 1. The number of hydrogen-bond donors (Lipinski definition) is 2. The molecule has 0 bridgehead atoms. The second kappa shape index (κ2) is 6.34. The molecule has 1 aliphatic carbocycles. The minimum Gasteiger partial charge on any atom is -0.355 e. The molecule has 2 rings (SSSR count). The smallest absolute Gasteiger partial charge is 0.220 e. The third-order valence-electron chi connectivity index (χ3n) is 3.29. The molecule has 18 heavy (non-hydrogen) atoms. The van der Waals surface area contributed by atoms with E-state index in [-0.39, 0.29) is 11.9 Å². The summed E-state index contributed by atoms with van der Waals surface area (Å²) in [6.45, 7) is 0.613. The predicted octanol–water partition coefficient (Wildman–Crippen LogP) is 2.24. The molecule has 1 aliphatic rings. The van der Waals surface area contributed by atoms with Crippen LogP contribution in [0.1, 0.15) is 24.8 Å². The Hall–Kier alpha value is -0.870. The van der Waals surface area contributed by atoms with E-state index in [9.17, 15) is 4.79 Å². The lowest BCUT2D eigenvalue weighted by atomic mass is 10.1. The minimum atomic E-state index is 0.0890. The van der Waals surface area contributed by atoms with Gasteiger partial charge in [-0.05, 0) is 42.9 Å². The fourth-order valence-electron chi connectivity index (χ4n) is 1.96. The van der Waals surface area contributed by atoms with Crippen LogP contribution in [-0.4, -0.2) is 18.5 Å². The van der Waals surface area contributed by atoms with E-state index in [1.165, 1.54) is 18.4 Å². The lowest BCUT2D eigenvalue weighted by Gasteiger charge is -2.11. The highest BCUT2D eigenvalue weighted by Gasteiger charge is 2.28. The van der Waals surface area contributed by atoms with Gasteiger partial charge in [-0.15, -0.1) is 0 Å². The number of aryl methyl sites for hydroxylation is 1. The highest BCUT2D eigenvalue weighted by Crippen LogP contribution is 2.31. The molecule has 0 spiro atoms. The van der Waals surface area contributed by atoms with Gasteiger partial charge in [-0.3, -0.25) is 4.79 Å². The fraction of sp³-hybridized carbons (Fsp3) is 0.500. The van der Waals surface area contributed by atoms with Gasteiger partial charge in [0, 0.05) is 23.5 Å². The lowest BCUT2D eigenvalue weighted by molar-refractivity contribution is -0.121. The van der Waals surface area contributed by atoms with Crippen molar-refractivity contribution in [2.24, 2.45) is 11.7 Å². The van der Waals surface area contributed by atoms with Crippen LogP contribution in [0, 0.1) is 5.92 Å². The van der Waals surface area contributed by atoms with Crippen molar-refractivity contribution in [2.45, 2.75) is 31.7 Å². The highest BCUT2D eigenvalue weighted by atomic mass is 79.9. The van der Waals surface area contributed by atoms with Gasteiger partial charge in [-0.1, -0.05) is 28.1 Å². The first-order valence-electron chi connectivity index (χ1n) is 6.42. The molecule has 1 atom stereocenters. The van der Waals surface area contributed by atoms with Crippen molar-refractivity contribution >= 4 is 21.8 Å². The number of carbonyl (C=O) groups excluding carboxylic acids is 1. The summed E-state index contributed by atoms with van der Waals surface area (Å²) < 4.78 is 1.05. The third-order valence-corrected chi connectivity index (χ3v) is 3.79. The van der Waals surface area contributed by atoms with Crippen LogP contribution in [-0.2, 0) is 11.2 Å². The van der Waals surface area contributed by atoms with Gasteiger partial charge in [0.2, 0.25) is 5.91 Å². The molecule has 4 heteroatoms. The van der Waals surface area contributed by atoms with E-state index >= 15 is 0 Å². The number of nitrogens with two attached hydrogens (primary N) is 1. The summed E-state index contributed by atoms with van der Waals surface area (Å²) in [4.78, 5) is 11.7. The maximum Gasteiger partial charge on any atom is 0.220 e. The monoisotopic (exact) mass is 310 g/mol. The molecule has 0 heterocycles. The summed E-state index contributed by atoms with van der Waals surface area (Å²) in [5.74, 6) is 0.724. The average Bonchev–Trinajstić information content (AvgIpc) is 3.17. The topological polar surface area (TPSA) is 55.1 Å². The van der Waals surface area contributed by atoms with E-state index in [2.05, 4.69) is 21.2 Å². The molecule has 1 unspecified atom stereocenters. The fourth-order valence-corrected chi connectivity index (χ4v) is 2.41. The van der Waals surface area contributed by atoms with Crippen molar-refractivity contribution in [3.63, 3.8) is 0 Å². The number of hydrogen-bond acceptors (Lipinski definition) is 2. The molecule has 1 saturated carbocycles. The quantitative estimate of drug-likeness (QED) is 0.846. The zero-order chi connectivity index (χ0) is 13.0. The predicted molar refractivity (Wildman–Crippen MR) is 76.2 cm³/mol. The summed E-state index contributed by atoms with van der Waals surface area (Å²) in [6.07, 6.45) is 3.72. The Balaban J connectivity index is 1.67. The Labute approximate surface area is 116 Å². The van der Waals surface area contributed by atoms with Crippen LogP contribution in [0.3, 0.4) is 0 Å². The van der Waals surface area contributed by atoms with Gasteiger partial charge in [-0.25, -0.2) is 0 Å². The largest absolute Gasteiger partial charge is 0.355 e. The Morgan fingerprint density at radius 2 is 2.28 bits per heavy atom. The first kappa shape index (κ1) is 13.6. The van der Waals surface area contributed by atoms with Gasteiger partial charge < -0.3 is 11.1 Å². The first-order chi connectivity index (χ1) is 8.65. The summed E-state index contributed by atoms with van der Waals surface area (Å²) >= 11 is 3.42. The molecule has 0 saturated heterocycles. The van der Waals surface area contributed by atoms with Gasteiger partial charge in [0.1, 0.15) is 0 Å². The van der Waals surface area contributed by atoms with Crippen LogP contribution < -0.4 is 11.1 Å². The van der Waals surface area contributed by atoms with Crippen molar-refractivity contribution in [3.05, 3.63) is 34.3 Å². The zero-order valence-corrected chi connectivity index (χ0v) is 11.9. The third kappa shape index (κ3) is 4.42. The first-order valence-corrected chi connectivity index (χ1v) is 7.21. The Morgan fingerprint density at radius 1 is 1.50 bits per heavy atom. The molecule has 1 amide bonds. The van der Waals surface area contributed by atoms with E-state index in [1.54, 1.807) is 0 Å². The van der Waals surface area contributed by atoms with Crippen LogP contribution in [0.4, 0.5) is 0 Å². The summed E-state index contributed by atoms with van der Waals surface area (Å²) in [5, 5.41) is 2.91. The van der Waals surface area contributed by atoms with E-state index < -0.39 is 0 Å². The van der Waals surface area contributed by atoms with Crippen LogP contribution in [0.5, 0.6) is 0 Å². The van der Waals surface area contributed by atoms with Crippen molar-refractivity contribution < 1.29 is 4.79 Å². The number of halogens is 1. The van der Waals surface area contributed by atoms with Gasteiger partial charge in [0.25, 0.3) is 0 Å².